The van der Waals surface area contributed by atoms with Crippen LogP contribution in [0.1, 0.15) is 38.7 Å². The zero-order valence-corrected chi connectivity index (χ0v) is 10.7. The second-order valence-electron chi connectivity index (χ2n) is 6.10. The van der Waals surface area contributed by atoms with Crippen LogP contribution >= 0.6 is 0 Å². The van der Waals surface area contributed by atoms with Crippen molar-refractivity contribution in [2.75, 3.05) is 0 Å². The number of hydrogen-bond donors (Lipinski definition) is 1. The van der Waals surface area contributed by atoms with E-state index in [2.05, 4.69) is 12.1 Å². The average molecular weight is 232 g/mol. The lowest BCUT2D eigenvalue weighted by Gasteiger charge is -2.27. The zero-order chi connectivity index (χ0) is 12.6. The lowest BCUT2D eigenvalue weighted by Crippen LogP contribution is -2.30. The van der Waals surface area contributed by atoms with Gasteiger partial charge in [-0.15, -0.1) is 0 Å². The standard InChI is InChI=1S/C15H20O2/c1-15(2,3)13(14(16)17)12-9-11(12)10-7-5-4-6-8-10/h4-8,11-13H,9H2,1-3H3,(H,16,17). The first-order chi connectivity index (χ1) is 7.91. The van der Waals surface area contributed by atoms with Crippen molar-refractivity contribution in [2.24, 2.45) is 17.3 Å². The lowest BCUT2D eigenvalue weighted by molar-refractivity contribution is -0.146. The number of benzene rings is 1. The van der Waals surface area contributed by atoms with Crippen LogP contribution in [0.3, 0.4) is 0 Å². The molecule has 2 heteroatoms. The van der Waals surface area contributed by atoms with Crippen molar-refractivity contribution in [3.05, 3.63) is 35.9 Å². The van der Waals surface area contributed by atoms with Gasteiger partial charge >= 0.3 is 5.97 Å². The Balaban J connectivity index is 2.14. The van der Waals surface area contributed by atoms with E-state index in [1.807, 2.05) is 39.0 Å². The number of carbonyl (C=O) groups is 1. The van der Waals surface area contributed by atoms with Crippen molar-refractivity contribution in [1.82, 2.24) is 0 Å². The zero-order valence-electron chi connectivity index (χ0n) is 10.7. The lowest BCUT2D eigenvalue weighted by atomic mass is 9.77. The van der Waals surface area contributed by atoms with Gasteiger partial charge < -0.3 is 5.11 Å². The molecule has 3 atom stereocenters. The molecule has 1 saturated carbocycles. The fourth-order valence-electron chi connectivity index (χ4n) is 2.86. The highest BCUT2D eigenvalue weighted by Crippen LogP contribution is 2.56. The number of aliphatic carboxylic acids is 1. The van der Waals surface area contributed by atoms with Gasteiger partial charge in [-0.2, -0.15) is 0 Å². The summed E-state index contributed by atoms with van der Waals surface area (Å²) in [4.78, 5) is 11.4. The highest BCUT2D eigenvalue weighted by Gasteiger charge is 2.51. The van der Waals surface area contributed by atoms with E-state index in [9.17, 15) is 9.90 Å². The van der Waals surface area contributed by atoms with Gasteiger partial charge in [-0.1, -0.05) is 51.1 Å². The Bertz CT molecular complexity index is 403. The molecule has 92 valence electrons. The van der Waals surface area contributed by atoms with Crippen LogP contribution in [0.4, 0.5) is 0 Å². The molecule has 2 rings (SSSR count). The maximum Gasteiger partial charge on any atom is 0.307 e. The fraction of sp³-hybridized carbons (Fsp3) is 0.533. The summed E-state index contributed by atoms with van der Waals surface area (Å²) in [7, 11) is 0. The summed E-state index contributed by atoms with van der Waals surface area (Å²) in [5.74, 6) is -0.153. The molecule has 1 aromatic rings. The van der Waals surface area contributed by atoms with E-state index >= 15 is 0 Å². The van der Waals surface area contributed by atoms with E-state index in [1.165, 1.54) is 5.56 Å². The molecule has 0 aliphatic heterocycles. The Hall–Kier alpha value is -1.31. The molecule has 0 radical (unpaired) electrons. The quantitative estimate of drug-likeness (QED) is 0.865. The normalized spacial score (nSPS) is 25.4. The monoisotopic (exact) mass is 232 g/mol. The van der Waals surface area contributed by atoms with Crippen molar-refractivity contribution in [3.63, 3.8) is 0 Å². The summed E-state index contributed by atoms with van der Waals surface area (Å²) >= 11 is 0. The van der Waals surface area contributed by atoms with E-state index in [-0.39, 0.29) is 11.3 Å². The summed E-state index contributed by atoms with van der Waals surface area (Å²) in [6.45, 7) is 6.06. The Morgan fingerprint density at radius 3 is 2.35 bits per heavy atom. The van der Waals surface area contributed by atoms with E-state index in [0.717, 1.165) is 6.42 Å². The van der Waals surface area contributed by atoms with E-state index in [0.29, 0.717) is 11.8 Å². The second kappa shape index (κ2) is 4.17. The Morgan fingerprint density at radius 2 is 1.88 bits per heavy atom. The van der Waals surface area contributed by atoms with Gasteiger partial charge in [0.05, 0.1) is 5.92 Å². The minimum atomic E-state index is -0.652. The van der Waals surface area contributed by atoms with E-state index in [4.69, 9.17) is 0 Å². The van der Waals surface area contributed by atoms with Crippen LogP contribution in [-0.2, 0) is 4.79 Å². The van der Waals surface area contributed by atoms with E-state index in [1.54, 1.807) is 0 Å². The van der Waals surface area contributed by atoms with Gasteiger partial charge in [-0.25, -0.2) is 0 Å². The fourth-order valence-corrected chi connectivity index (χ4v) is 2.86. The predicted molar refractivity (Wildman–Crippen MR) is 67.9 cm³/mol. The molecule has 3 unspecified atom stereocenters. The van der Waals surface area contributed by atoms with Crippen LogP contribution < -0.4 is 0 Å². The van der Waals surface area contributed by atoms with Gasteiger partial charge in [0.1, 0.15) is 0 Å². The van der Waals surface area contributed by atoms with Crippen LogP contribution in [0.2, 0.25) is 0 Å². The molecule has 1 N–H and O–H groups in total. The predicted octanol–water partition coefficient (Wildman–Crippen LogP) is 3.54. The van der Waals surface area contributed by atoms with Crippen molar-refractivity contribution >= 4 is 5.97 Å². The molecule has 1 aliphatic carbocycles. The van der Waals surface area contributed by atoms with Crippen LogP contribution in [-0.4, -0.2) is 11.1 Å². The molecule has 1 aromatic carbocycles. The third-order valence-electron chi connectivity index (χ3n) is 3.69. The smallest absolute Gasteiger partial charge is 0.307 e. The van der Waals surface area contributed by atoms with Crippen molar-refractivity contribution < 1.29 is 9.90 Å². The van der Waals surface area contributed by atoms with Crippen LogP contribution in [0.25, 0.3) is 0 Å². The number of rotatable bonds is 3. The molecule has 0 amide bonds. The Labute approximate surface area is 103 Å². The largest absolute Gasteiger partial charge is 0.481 e. The molecule has 2 nitrogen and oxygen atoms in total. The maximum absolute atomic E-state index is 11.4. The molecule has 17 heavy (non-hydrogen) atoms. The highest BCUT2D eigenvalue weighted by molar-refractivity contribution is 5.72. The molecule has 1 aliphatic rings. The molecule has 0 heterocycles. The minimum Gasteiger partial charge on any atom is -0.481 e. The van der Waals surface area contributed by atoms with Crippen molar-refractivity contribution in [1.29, 1.82) is 0 Å². The third-order valence-corrected chi connectivity index (χ3v) is 3.69. The first-order valence-corrected chi connectivity index (χ1v) is 6.19. The molecular weight excluding hydrogens is 212 g/mol. The highest BCUT2D eigenvalue weighted by atomic mass is 16.4. The van der Waals surface area contributed by atoms with Crippen molar-refractivity contribution in [2.45, 2.75) is 33.1 Å². The number of hydrogen-bond acceptors (Lipinski definition) is 1. The third kappa shape index (κ3) is 2.51. The van der Waals surface area contributed by atoms with Gasteiger partial charge in [0.2, 0.25) is 0 Å². The van der Waals surface area contributed by atoms with Crippen LogP contribution in [0.15, 0.2) is 30.3 Å². The molecule has 0 bridgehead atoms. The number of carboxylic acid groups (broad SMARTS) is 1. The van der Waals surface area contributed by atoms with Gasteiger partial charge in [0, 0.05) is 0 Å². The summed E-state index contributed by atoms with van der Waals surface area (Å²) < 4.78 is 0. The SMILES string of the molecule is CC(C)(C)C(C(=O)O)C1CC1c1ccccc1. The maximum atomic E-state index is 11.4. The topological polar surface area (TPSA) is 37.3 Å². The average Bonchev–Trinajstić information content (AvgIpc) is 2.96. The van der Waals surface area contributed by atoms with Crippen LogP contribution in [0, 0.1) is 17.3 Å². The van der Waals surface area contributed by atoms with Gasteiger partial charge in [0.25, 0.3) is 0 Å². The Kier molecular flexibility index (Phi) is 2.98. The number of carboxylic acids is 1. The van der Waals surface area contributed by atoms with Crippen LogP contribution in [0.5, 0.6) is 0 Å². The molecular formula is C15H20O2. The van der Waals surface area contributed by atoms with E-state index < -0.39 is 5.97 Å². The molecule has 1 fully saturated rings. The molecule has 0 spiro atoms. The first-order valence-electron chi connectivity index (χ1n) is 6.19. The Morgan fingerprint density at radius 1 is 1.29 bits per heavy atom. The minimum absolute atomic E-state index is 0.167. The summed E-state index contributed by atoms with van der Waals surface area (Å²) in [6, 6.07) is 10.3. The first kappa shape index (κ1) is 12.2. The summed E-state index contributed by atoms with van der Waals surface area (Å²) in [5, 5.41) is 9.38. The summed E-state index contributed by atoms with van der Waals surface area (Å²) in [6.07, 6.45) is 1.01. The summed E-state index contributed by atoms with van der Waals surface area (Å²) in [5.41, 5.74) is 1.12. The molecule has 0 saturated heterocycles. The van der Waals surface area contributed by atoms with Crippen molar-refractivity contribution in [3.8, 4) is 0 Å². The van der Waals surface area contributed by atoms with Gasteiger partial charge in [0.15, 0.2) is 0 Å². The van der Waals surface area contributed by atoms with Gasteiger partial charge in [-0.3, -0.25) is 4.79 Å². The van der Waals surface area contributed by atoms with Gasteiger partial charge in [-0.05, 0) is 29.2 Å². The molecule has 0 aromatic heterocycles. The second-order valence-corrected chi connectivity index (χ2v) is 6.10.